The molecule has 1 fully saturated rings. The Hall–Kier alpha value is -2.39. The molecule has 0 aliphatic carbocycles. The van der Waals surface area contributed by atoms with Crippen molar-refractivity contribution in [1.29, 1.82) is 0 Å². The van der Waals surface area contributed by atoms with Crippen LogP contribution in [-0.2, 0) is 4.79 Å². The Labute approximate surface area is 200 Å². The van der Waals surface area contributed by atoms with Crippen molar-refractivity contribution < 1.29 is 19.1 Å². The number of benzene rings is 2. The summed E-state index contributed by atoms with van der Waals surface area (Å²) in [7, 11) is 0. The van der Waals surface area contributed by atoms with Gasteiger partial charge in [-0.05, 0) is 70.9 Å². The van der Waals surface area contributed by atoms with E-state index in [1.165, 1.54) is 16.7 Å². The van der Waals surface area contributed by atoms with Gasteiger partial charge in [-0.1, -0.05) is 41.6 Å². The molecule has 2 heterocycles. The fourth-order valence-corrected chi connectivity index (χ4v) is 4.74. The summed E-state index contributed by atoms with van der Waals surface area (Å²) in [5, 5.41) is 9.72. The second kappa shape index (κ2) is 8.63. The molecule has 2 aromatic carbocycles. The Morgan fingerprint density at radius 1 is 1.23 bits per heavy atom. The fourth-order valence-electron chi connectivity index (χ4n) is 3.04. The summed E-state index contributed by atoms with van der Waals surface area (Å²) >= 11 is 16.1. The summed E-state index contributed by atoms with van der Waals surface area (Å²) in [5.74, 6) is -0.299. The highest BCUT2D eigenvalue weighted by atomic mass is 79.9. The number of hydrogen-bond acceptors (Lipinski definition) is 5. The Bertz CT molecular complexity index is 1280. The molecule has 0 saturated carbocycles. The Balaban J connectivity index is 1.63. The van der Waals surface area contributed by atoms with Gasteiger partial charge in [0.25, 0.3) is 5.91 Å². The number of anilines is 1. The largest absolute Gasteiger partial charge is 0.478 e. The van der Waals surface area contributed by atoms with E-state index in [4.69, 9.17) is 28.2 Å². The van der Waals surface area contributed by atoms with E-state index in [9.17, 15) is 14.7 Å². The fraction of sp³-hybridized carbons (Fsp3) is 0.0455. The molecule has 3 aromatic rings. The summed E-state index contributed by atoms with van der Waals surface area (Å²) in [6, 6.07) is 13.5. The van der Waals surface area contributed by atoms with Crippen molar-refractivity contribution in [2.24, 2.45) is 0 Å². The number of thiocarbonyl (C=S) groups is 1. The van der Waals surface area contributed by atoms with E-state index in [2.05, 4.69) is 15.9 Å². The molecular weight excluding hydrogens is 522 g/mol. The number of aromatic carboxylic acids is 1. The lowest BCUT2D eigenvalue weighted by atomic mass is 10.0. The van der Waals surface area contributed by atoms with Crippen LogP contribution in [0.15, 0.2) is 62.3 Å². The third-order valence-electron chi connectivity index (χ3n) is 4.61. The maximum atomic E-state index is 13.0. The first-order valence-electron chi connectivity index (χ1n) is 8.92. The zero-order valence-electron chi connectivity index (χ0n) is 15.9. The molecule has 5 nitrogen and oxygen atoms in total. The lowest BCUT2D eigenvalue weighted by Gasteiger charge is -2.15. The van der Waals surface area contributed by atoms with Crippen molar-refractivity contribution in [2.45, 2.75) is 6.92 Å². The number of nitrogens with zero attached hydrogens (tertiary/aromatic N) is 1. The highest BCUT2D eigenvalue weighted by Gasteiger charge is 2.33. The van der Waals surface area contributed by atoms with Crippen LogP contribution in [0.25, 0.3) is 17.4 Å². The number of rotatable bonds is 4. The van der Waals surface area contributed by atoms with Crippen LogP contribution in [0, 0.1) is 6.92 Å². The molecule has 0 unspecified atom stereocenters. The molecule has 1 aromatic heterocycles. The molecule has 0 bridgehead atoms. The number of aryl methyl sites for hydroxylation is 1. The van der Waals surface area contributed by atoms with Crippen molar-refractivity contribution in [3.8, 4) is 11.3 Å². The smallest absolute Gasteiger partial charge is 0.335 e. The van der Waals surface area contributed by atoms with Crippen LogP contribution in [-0.4, -0.2) is 21.3 Å². The number of carbonyl (C=O) groups excluding carboxylic acids is 1. The minimum atomic E-state index is -1.01. The first kappa shape index (κ1) is 21.8. The molecule has 9 heteroatoms. The molecule has 1 saturated heterocycles. The van der Waals surface area contributed by atoms with Crippen molar-refractivity contribution >= 4 is 79.5 Å². The SMILES string of the molecule is Cc1ccc(C(=O)O)cc1-c1ccc(C=C2SC(=S)N(c3ccc(Br)c(Cl)c3)C2=O)o1. The van der Waals surface area contributed by atoms with Gasteiger partial charge in [0.1, 0.15) is 11.5 Å². The third-order valence-corrected chi connectivity index (χ3v) is 7.14. The number of carboxylic acid groups (broad SMARTS) is 1. The van der Waals surface area contributed by atoms with E-state index in [1.807, 2.05) is 6.92 Å². The van der Waals surface area contributed by atoms with Crippen LogP contribution < -0.4 is 4.90 Å². The minimum Gasteiger partial charge on any atom is -0.478 e. The van der Waals surface area contributed by atoms with E-state index in [0.29, 0.717) is 37.0 Å². The van der Waals surface area contributed by atoms with E-state index in [-0.39, 0.29) is 11.5 Å². The summed E-state index contributed by atoms with van der Waals surface area (Å²) in [6.45, 7) is 1.87. The zero-order chi connectivity index (χ0) is 22.3. The second-order valence-electron chi connectivity index (χ2n) is 6.65. The van der Waals surface area contributed by atoms with Gasteiger partial charge in [0.2, 0.25) is 0 Å². The van der Waals surface area contributed by atoms with Crippen LogP contribution >= 0.6 is 51.5 Å². The zero-order valence-corrected chi connectivity index (χ0v) is 19.9. The van der Waals surface area contributed by atoms with E-state index in [0.717, 1.165) is 10.0 Å². The average Bonchev–Trinajstić information content (AvgIpc) is 3.29. The van der Waals surface area contributed by atoms with Crippen LogP contribution in [0.5, 0.6) is 0 Å². The van der Waals surface area contributed by atoms with E-state index >= 15 is 0 Å². The predicted octanol–water partition coefficient (Wildman–Crippen LogP) is 6.77. The van der Waals surface area contributed by atoms with Gasteiger partial charge in [0, 0.05) is 16.1 Å². The molecule has 1 aliphatic heterocycles. The number of carboxylic acids is 1. The molecule has 1 aliphatic rings. The Morgan fingerprint density at radius 2 is 2.00 bits per heavy atom. The van der Waals surface area contributed by atoms with Gasteiger partial charge < -0.3 is 9.52 Å². The van der Waals surface area contributed by atoms with Crippen LogP contribution in [0.1, 0.15) is 21.7 Å². The molecule has 0 radical (unpaired) electrons. The Kier molecular flexibility index (Phi) is 6.07. The van der Waals surface area contributed by atoms with Gasteiger partial charge >= 0.3 is 5.97 Å². The molecular formula is C22H13BrClNO4S2. The molecule has 1 amide bonds. The lowest BCUT2D eigenvalue weighted by molar-refractivity contribution is -0.113. The number of furan rings is 1. The van der Waals surface area contributed by atoms with E-state index < -0.39 is 5.97 Å². The second-order valence-corrected chi connectivity index (χ2v) is 9.59. The summed E-state index contributed by atoms with van der Waals surface area (Å²) in [6.07, 6.45) is 1.62. The Morgan fingerprint density at radius 3 is 2.71 bits per heavy atom. The summed E-state index contributed by atoms with van der Waals surface area (Å²) < 4.78 is 7.00. The monoisotopic (exact) mass is 533 g/mol. The number of carbonyl (C=O) groups is 2. The van der Waals surface area contributed by atoms with Crippen molar-refractivity contribution in [2.75, 3.05) is 4.90 Å². The van der Waals surface area contributed by atoms with Gasteiger partial charge in [-0.25, -0.2) is 4.79 Å². The minimum absolute atomic E-state index is 0.174. The van der Waals surface area contributed by atoms with Gasteiger partial charge in [-0.15, -0.1) is 0 Å². The van der Waals surface area contributed by atoms with Crippen LogP contribution in [0.2, 0.25) is 5.02 Å². The highest BCUT2D eigenvalue weighted by Crippen LogP contribution is 2.38. The van der Waals surface area contributed by atoms with Gasteiger partial charge in [0.05, 0.1) is 21.2 Å². The van der Waals surface area contributed by atoms with E-state index in [1.54, 1.807) is 54.6 Å². The number of thioether (sulfide) groups is 1. The molecule has 0 spiro atoms. The van der Waals surface area contributed by atoms with Crippen molar-refractivity contribution in [3.63, 3.8) is 0 Å². The molecule has 4 rings (SSSR count). The topological polar surface area (TPSA) is 70.8 Å². The first-order chi connectivity index (χ1) is 14.7. The summed E-state index contributed by atoms with van der Waals surface area (Å²) in [5.41, 5.74) is 2.31. The highest BCUT2D eigenvalue weighted by molar-refractivity contribution is 9.10. The van der Waals surface area contributed by atoms with Gasteiger partial charge in [-0.2, -0.15) is 0 Å². The van der Waals surface area contributed by atoms with Crippen molar-refractivity contribution in [1.82, 2.24) is 0 Å². The first-order valence-corrected chi connectivity index (χ1v) is 11.3. The third kappa shape index (κ3) is 4.34. The normalized spacial score (nSPS) is 15.2. The molecule has 1 N–H and O–H groups in total. The number of amides is 1. The van der Waals surface area contributed by atoms with Gasteiger partial charge in [0.15, 0.2) is 4.32 Å². The average molecular weight is 535 g/mol. The lowest BCUT2D eigenvalue weighted by Crippen LogP contribution is -2.27. The van der Waals surface area contributed by atoms with Crippen LogP contribution in [0.4, 0.5) is 5.69 Å². The molecule has 31 heavy (non-hydrogen) atoms. The maximum absolute atomic E-state index is 13.0. The predicted molar refractivity (Wildman–Crippen MR) is 131 cm³/mol. The maximum Gasteiger partial charge on any atom is 0.335 e. The van der Waals surface area contributed by atoms with Crippen LogP contribution in [0.3, 0.4) is 0 Å². The molecule has 0 atom stereocenters. The number of hydrogen-bond donors (Lipinski definition) is 1. The standard InChI is InChI=1S/C22H13BrClNO4S2/c1-11-2-3-12(21(27)28)8-15(11)18-7-5-14(29-18)10-19-20(26)25(22(30)31-19)13-4-6-16(23)17(24)9-13/h2-10H,1H3,(H,27,28). The van der Waals surface area contributed by atoms with Gasteiger partial charge in [-0.3, -0.25) is 9.69 Å². The molecule has 156 valence electrons. The quantitative estimate of drug-likeness (QED) is 0.294. The number of halogens is 2. The summed E-state index contributed by atoms with van der Waals surface area (Å²) in [4.78, 5) is 26.1. The van der Waals surface area contributed by atoms with Crippen molar-refractivity contribution in [3.05, 3.63) is 79.8 Å².